The molecule has 1 unspecified atom stereocenters. The van der Waals surface area contributed by atoms with Crippen LogP contribution < -0.4 is 4.74 Å². The number of carbonyl (C=O) groups is 1. The number of piperidine rings is 1. The molecule has 2 saturated heterocycles. The van der Waals surface area contributed by atoms with Crippen molar-refractivity contribution in [2.45, 2.75) is 37.7 Å². The molecule has 25 heavy (non-hydrogen) atoms. The molecule has 1 spiro atoms. The van der Waals surface area contributed by atoms with Gasteiger partial charge in [-0.2, -0.15) is 0 Å². The number of likely N-dealkylation sites (tertiary alicyclic amines) is 1. The van der Waals surface area contributed by atoms with E-state index in [0.717, 1.165) is 64.2 Å². The fourth-order valence-corrected chi connectivity index (χ4v) is 4.48. The third-order valence-corrected chi connectivity index (χ3v) is 5.95. The number of amides is 1. The molecule has 1 aromatic rings. The lowest BCUT2D eigenvalue weighted by Crippen LogP contribution is -2.50. The van der Waals surface area contributed by atoms with E-state index in [-0.39, 0.29) is 17.4 Å². The van der Waals surface area contributed by atoms with Crippen LogP contribution in [0.15, 0.2) is 18.2 Å². The molecule has 1 aromatic carbocycles. The summed E-state index contributed by atoms with van der Waals surface area (Å²) in [5.41, 5.74) is 2.37. The van der Waals surface area contributed by atoms with Crippen molar-refractivity contribution in [3.63, 3.8) is 0 Å². The van der Waals surface area contributed by atoms with Crippen molar-refractivity contribution >= 4 is 5.91 Å². The first kappa shape index (κ1) is 16.9. The minimum absolute atomic E-state index is 0.0478. The van der Waals surface area contributed by atoms with Crippen molar-refractivity contribution < 1.29 is 19.0 Å². The quantitative estimate of drug-likeness (QED) is 0.826. The zero-order chi connectivity index (χ0) is 17.3. The molecule has 0 aliphatic carbocycles. The number of methoxy groups -OCH3 is 1. The van der Waals surface area contributed by atoms with Gasteiger partial charge in [-0.05, 0) is 55.4 Å². The van der Waals surface area contributed by atoms with Crippen LogP contribution in [0.2, 0.25) is 0 Å². The highest BCUT2D eigenvalue weighted by molar-refractivity contribution is 5.79. The van der Waals surface area contributed by atoms with Crippen LogP contribution in [0.4, 0.5) is 0 Å². The molecule has 0 N–H and O–H groups in total. The number of hydrogen-bond acceptors (Lipinski definition) is 4. The van der Waals surface area contributed by atoms with Crippen molar-refractivity contribution in [1.29, 1.82) is 0 Å². The zero-order valence-electron chi connectivity index (χ0n) is 15.0. The summed E-state index contributed by atoms with van der Waals surface area (Å²) in [5.74, 6) is 1.22. The zero-order valence-corrected chi connectivity index (χ0v) is 15.0. The number of rotatable bonds is 2. The molecule has 1 atom stereocenters. The van der Waals surface area contributed by atoms with Gasteiger partial charge >= 0.3 is 0 Å². The minimum Gasteiger partial charge on any atom is -0.497 e. The maximum Gasteiger partial charge on any atom is 0.228 e. The highest BCUT2D eigenvalue weighted by atomic mass is 16.5. The molecule has 0 saturated carbocycles. The lowest BCUT2D eigenvalue weighted by molar-refractivity contribution is -0.148. The van der Waals surface area contributed by atoms with Crippen LogP contribution in [-0.4, -0.2) is 50.8 Å². The van der Waals surface area contributed by atoms with Gasteiger partial charge in [0.2, 0.25) is 5.91 Å². The molecule has 3 heterocycles. The minimum atomic E-state index is -0.236. The molecule has 0 bridgehead atoms. The van der Waals surface area contributed by atoms with E-state index in [2.05, 4.69) is 12.1 Å². The molecule has 1 amide bonds. The Kier molecular flexibility index (Phi) is 4.69. The van der Waals surface area contributed by atoms with E-state index in [1.54, 1.807) is 7.11 Å². The first-order valence-electron chi connectivity index (χ1n) is 9.40. The number of hydrogen-bond donors (Lipinski definition) is 0. The van der Waals surface area contributed by atoms with Gasteiger partial charge in [-0.1, -0.05) is 6.07 Å². The molecule has 4 rings (SSSR count). The molecule has 3 aliphatic heterocycles. The predicted molar refractivity (Wildman–Crippen MR) is 93.7 cm³/mol. The van der Waals surface area contributed by atoms with Crippen LogP contribution in [0.3, 0.4) is 0 Å². The monoisotopic (exact) mass is 345 g/mol. The van der Waals surface area contributed by atoms with E-state index < -0.39 is 0 Å². The summed E-state index contributed by atoms with van der Waals surface area (Å²) in [6, 6.07) is 6.31. The lowest BCUT2D eigenvalue weighted by atomic mass is 9.79. The summed E-state index contributed by atoms with van der Waals surface area (Å²) in [6.45, 7) is 3.65. The maximum atomic E-state index is 12.7. The topological polar surface area (TPSA) is 48.0 Å². The summed E-state index contributed by atoms with van der Waals surface area (Å²) >= 11 is 0. The van der Waals surface area contributed by atoms with Crippen LogP contribution in [0.25, 0.3) is 0 Å². The second kappa shape index (κ2) is 6.96. The molecule has 5 nitrogen and oxygen atoms in total. The van der Waals surface area contributed by atoms with Gasteiger partial charge in [0, 0.05) is 19.7 Å². The second-order valence-corrected chi connectivity index (χ2v) is 7.36. The van der Waals surface area contributed by atoms with Crippen LogP contribution in [0.1, 0.15) is 36.8 Å². The lowest BCUT2D eigenvalue weighted by Gasteiger charge is -2.45. The van der Waals surface area contributed by atoms with E-state index >= 15 is 0 Å². The highest BCUT2D eigenvalue weighted by Crippen LogP contribution is 2.42. The average Bonchev–Trinajstić information content (AvgIpc) is 2.68. The van der Waals surface area contributed by atoms with Gasteiger partial charge in [-0.25, -0.2) is 0 Å². The summed E-state index contributed by atoms with van der Waals surface area (Å²) in [6.07, 6.45) is 4.61. The van der Waals surface area contributed by atoms with Crippen molar-refractivity contribution in [3.8, 4) is 5.75 Å². The molecule has 2 fully saturated rings. The van der Waals surface area contributed by atoms with Crippen LogP contribution >= 0.6 is 0 Å². The van der Waals surface area contributed by atoms with E-state index in [0.29, 0.717) is 6.61 Å². The van der Waals surface area contributed by atoms with Crippen molar-refractivity contribution in [1.82, 2.24) is 4.90 Å². The molecule has 3 aliphatic rings. The Morgan fingerprint density at radius 1 is 1.28 bits per heavy atom. The SMILES string of the molecule is COc1ccc2c(c1)CCOC21CCN(C(=O)C2CCCOC2)CC1. The summed E-state index contributed by atoms with van der Waals surface area (Å²) in [5, 5.41) is 0. The van der Waals surface area contributed by atoms with Crippen LogP contribution in [0.5, 0.6) is 5.75 Å². The van der Waals surface area contributed by atoms with Gasteiger partial charge in [-0.15, -0.1) is 0 Å². The van der Waals surface area contributed by atoms with Crippen LogP contribution in [0, 0.1) is 5.92 Å². The van der Waals surface area contributed by atoms with E-state index in [9.17, 15) is 4.79 Å². The fraction of sp³-hybridized carbons (Fsp3) is 0.650. The maximum absolute atomic E-state index is 12.7. The van der Waals surface area contributed by atoms with Crippen LogP contribution in [-0.2, 0) is 26.3 Å². The number of carbonyl (C=O) groups excluding carboxylic acids is 1. The first-order chi connectivity index (χ1) is 12.2. The number of fused-ring (bicyclic) bond motifs is 2. The summed E-state index contributed by atoms with van der Waals surface area (Å²) in [7, 11) is 1.70. The second-order valence-electron chi connectivity index (χ2n) is 7.36. The number of ether oxygens (including phenoxy) is 3. The largest absolute Gasteiger partial charge is 0.497 e. The van der Waals surface area contributed by atoms with Crippen molar-refractivity contribution in [2.24, 2.45) is 5.92 Å². The molecule has 136 valence electrons. The van der Waals surface area contributed by atoms with Crippen molar-refractivity contribution in [3.05, 3.63) is 29.3 Å². The average molecular weight is 345 g/mol. The summed E-state index contributed by atoms with van der Waals surface area (Å²) in [4.78, 5) is 14.8. The first-order valence-corrected chi connectivity index (χ1v) is 9.40. The van der Waals surface area contributed by atoms with E-state index in [4.69, 9.17) is 14.2 Å². The van der Waals surface area contributed by atoms with Gasteiger partial charge in [0.1, 0.15) is 5.75 Å². The Bertz CT molecular complexity index is 631. The Morgan fingerprint density at radius 2 is 2.12 bits per heavy atom. The predicted octanol–water partition coefficient (Wildman–Crippen LogP) is 2.51. The number of benzene rings is 1. The van der Waals surface area contributed by atoms with E-state index in [1.807, 2.05) is 11.0 Å². The van der Waals surface area contributed by atoms with Crippen molar-refractivity contribution in [2.75, 3.05) is 40.0 Å². The fourth-order valence-electron chi connectivity index (χ4n) is 4.48. The molecular weight excluding hydrogens is 318 g/mol. The Morgan fingerprint density at radius 3 is 2.84 bits per heavy atom. The van der Waals surface area contributed by atoms with Gasteiger partial charge in [0.05, 0.1) is 31.8 Å². The van der Waals surface area contributed by atoms with Gasteiger partial charge in [0.25, 0.3) is 0 Å². The summed E-state index contributed by atoms with van der Waals surface area (Å²) < 4.78 is 17.1. The molecular formula is C20H27NO4. The smallest absolute Gasteiger partial charge is 0.228 e. The molecule has 0 radical (unpaired) electrons. The highest BCUT2D eigenvalue weighted by Gasteiger charge is 2.42. The van der Waals surface area contributed by atoms with E-state index in [1.165, 1.54) is 11.1 Å². The van der Waals surface area contributed by atoms with Gasteiger partial charge in [-0.3, -0.25) is 4.79 Å². The van der Waals surface area contributed by atoms with Gasteiger partial charge in [0.15, 0.2) is 0 Å². The third-order valence-electron chi connectivity index (χ3n) is 5.95. The Hall–Kier alpha value is -1.59. The Labute approximate surface area is 149 Å². The normalized spacial score (nSPS) is 25.5. The third kappa shape index (κ3) is 3.15. The standard InChI is InChI=1S/C20H27NO4/c1-23-17-4-5-18-15(13-17)6-12-25-20(18)7-9-21(10-8-20)19(22)16-3-2-11-24-14-16/h4-5,13,16H,2-3,6-12,14H2,1H3. The Balaban J connectivity index is 1.47. The molecule has 5 heteroatoms. The number of nitrogens with zero attached hydrogens (tertiary/aromatic N) is 1. The van der Waals surface area contributed by atoms with Gasteiger partial charge < -0.3 is 19.1 Å². The molecule has 0 aromatic heterocycles.